The number of carbonyl (C=O) groups excluding carboxylic acids is 3. The van der Waals surface area contributed by atoms with E-state index in [9.17, 15) is 14.4 Å². The number of nitrogens with zero attached hydrogens (tertiary/aromatic N) is 2. The molecule has 224 valence electrons. The first kappa shape index (κ1) is 30.2. The van der Waals surface area contributed by atoms with Crippen LogP contribution in [0.25, 0.3) is 0 Å². The average molecular weight is 581 g/mol. The number of hydrogen-bond donors (Lipinski definition) is 2. The fourth-order valence-electron chi connectivity index (χ4n) is 4.57. The van der Waals surface area contributed by atoms with Crippen molar-refractivity contribution in [3.05, 3.63) is 59.4 Å². The van der Waals surface area contributed by atoms with Crippen LogP contribution in [-0.4, -0.2) is 54.3 Å². The molecule has 12 heteroatoms. The van der Waals surface area contributed by atoms with Gasteiger partial charge in [-0.1, -0.05) is 23.4 Å². The third kappa shape index (κ3) is 7.31. The molecule has 0 saturated heterocycles. The Bertz CT molecular complexity index is 1450. The molecule has 0 spiro atoms. The summed E-state index contributed by atoms with van der Waals surface area (Å²) in [5.41, 5.74) is 0.519. The number of aromatic nitrogens is 1. The Balaban J connectivity index is 1.71. The molecule has 2 N–H and O–H groups in total. The van der Waals surface area contributed by atoms with E-state index in [1.165, 1.54) is 19.1 Å². The normalized spacial score (nSPS) is 12.8. The molecule has 42 heavy (non-hydrogen) atoms. The quantitative estimate of drug-likeness (QED) is 0.342. The predicted octanol–water partition coefficient (Wildman–Crippen LogP) is 4.13. The molecule has 2 aromatic carbocycles. The van der Waals surface area contributed by atoms with E-state index in [-0.39, 0.29) is 32.0 Å². The van der Waals surface area contributed by atoms with Gasteiger partial charge in [0.1, 0.15) is 11.8 Å². The van der Waals surface area contributed by atoms with Gasteiger partial charge in [0.2, 0.25) is 24.5 Å². The fraction of sp³-hybridized carbons (Fsp3) is 0.400. The zero-order chi connectivity index (χ0) is 30.4. The number of methoxy groups -OCH3 is 2. The van der Waals surface area contributed by atoms with Gasteiger partial charge in [0, 0.05) is 36.6 Å². The van der Waals surface area contributed by atoms with Crippen LogP contribution in [-0.2, 0) is 20.9 Å². The van der Waals surface area contributed by atoms with E-state index in [0.29, 0.717) is 39.9 Å². The number of amides is 3. The third-order valence-corrected chi connectivity index (χ3v) is 6.36. The molecule has 12 nitrogen and oxygen atoms in total. The summed E-state index contributed by atoms with van der Waals surface area (Å²) in [7, 11) is 2.97. The number of nitrogens with one attached hydrogen (secondary N) is 2. The van der Waals surface area contributed by atoms with Crippen molar-refractivity contribution in [2.45, 2.75) is 58.7 Å². The van der Waals surface area contributed by atoms with E-state index in [4.69, 9.17) is 23.5 Å². The Kier molecular flexibility index (Phi) is 9.24. The van der Waals surface area contributed by atoms with E-state index < -0.39 is 29.3 Å². The smallest absolute Gasteiger partial charge is 0.248 e. The topological polar surface area (TPSA) is 141 Å². The van der Waals surface area contributed by atoms with Crippen molar-refractivity contribution >= 4 is 23.5 Å². The van der Waals surface area contributed by atoms with E-state index in [1.54, 1.807) is 49.4 Å². The molecule has 3 aromatic rings. The van der Waals surface area contributed by atoms with Crippen LogP contribution < -0.4 is 29.6 Å². The first-order valence-corrected chi connectivity index (χ1v) is 13.4. The van der Waals surface area contributed by atoms with Gasteiger partial charge < -0.3 is 39.0 Å². The Morgan fingerprint density at radius 1 is 1.02 bits per heavy atom. The second-order valence-corrected chi connectivity index (χ2v) is 10.8. The number of carbonyl (C=O) groups is 3. The van der Waals surface area contributed by atoms with Gasteiger partial charge in [0.15, 0.2) is 28.8 Å². The Morgan fingerprint density at radius 3 is 2.45 bits per heavy atom. The summed E-state index contributed by atoms with van der Waals surface area (Å²) in [6, 6.07) is 10.9. The minimum Gasteiger partial charge on any atom is -0.493 e. The predicted molar refractivity (Wildman–Crippen MR) is 152 cm³/mol. The molecule has 0 radical (unpaired) electrons. The molecule has 0 aliphatic carbocycles. The second-order valence-electron chi connectivity index (χ2n) is 10.8. The third-order valence-electron chi connectivity index (χ3n) is 6.36. The summed E-state index contributed by atoms with van der Waals surface area (Å²) in [6.45, 7) is 7.39. The molecule has 1 aliphatic rings. The SMILES string of the molecule is COc1cccc(C(C(=O)NC(C)(C)C)N(Cc2ccc3c(c2)OCO3)C(=O)CCC(=O)Nc2cc(C)on2)c1OC. The standard InChI is InChI=1S/C30H36N4O8/c1-18-14-24(33-42-18)31-25(35)12-13-26(36)34(16-19-10-11-21-23(15-19)41-17-40-21)27(29(37)32-30(2,3)4)20-8-7-9-22(38-5)28(20)39-6/h7-11,14-15,27H,12-13,16-17H2,1-6H3,(H,32,37)(H,31,33,35). The molecular weight excluding hydrogens is 544 g/mol. The zero-order valence-corrected chi connectivity index (χ0v) is 24.6. The molecular formula is C30H36N4O8. The molecule has 1 aromatic heterocycles. The van der Waals surface area contributed by atoms with Gasteiger partial charge in [0.05, 0.1) is 14.2 Å². The maximum atomic E-state index is 14.0. The van der Waals surface area contributed by atoms with Gasteiger partial charge in [-0.3, -0.25) is 14.4 Å². The molecule has 3 amide bonds. The van der Waals surface area contributed by atoms with Crippen molar-refractivity contribution < 1.29 is 37.9 Å². The minimum atomic E-state index is -1.13. The van der Waals surface area contributed by atoms with Crippen LogP contribution in [0.4, 0.5) is 5.82 Å². The van der Waals surface area contributed by atoms with Crippen LogP contribution in [0.1, 0.15) is 56.5 Å². The maximum absolute atomic E-state index is 14.0. The molecule has 4 rings (SSSR count). The van der Waals surface area contributed by atoms with Gasteiger partial charge in [-0.05, 0) is 51.5 Å². The highest BCUT2D eigenvalue weighted by molar-refractivity contribution is 5.94. The minimum absolute atomic E-state index is 0.0299. The molecule has 0 bridgehead atoms. The van der Waals surface area contributed by atoms with Gasteiger partial charge >= 0.3 is 0 Å². The maximum Gasteiger partial charge on any atom is 0.248 e. The lowest BCUT2D eigenvalue weighted by atomic mass is 9.98. The summed E-state index contributed by atoms with van der Waals surface area (Å²) in [5.74, 6) is 1.36. The van der Waals surface area contributed by atoms with Crippen LogP contribution >= 0.6 is 0 Å². The van der Waals surface area contributed by atoms with E-state index in [1.807, 2.05) is 20.8 Å². The number of ether oxygens (including phenoxy) is 4. The highest BCUT2D eigenvalue weighted by Crippen LogP contribution is 2.39. The average Bonchev–Trinajstić information content (AvgIpc) is 3.58. The Morgan fingerprint density at radius 2 is 1.79 bits per heavy atom. The first-order chi connectivity index (χ1) is 20.0. The number of aryl methyl sites for hydroxylation is 1. The summed E-state index contributed by atoms with van der Waals surface area (Å²) >= 11 is 0. The molecule has 0 fully saturated rings. The monoisotopic (exact) mass is 580 g/mol. The van der Waals surface area contributed by atoms with Crippen molar-refractivity contribution in [2.24, 2.45) is 0 Å². The van der Waals surface area contributed by atoms with Gasteiger partial charge in [-0.15, -0.1) is 0 Å². The number of anilines is 1. The van der Waals surface area contributed by atoms with E-state index in [0.717, 1.165) is 0 Å². The summed E-state index contributed by atoms with van der Waals surface area (Å²) in [5, 5.41) is 9.38. The Labute approximate surface area is 244 Å². The van der Waals surface area contributed by atoms with Gasteiger partial charge in [0.25, 0.3) is 0 Å². The second kappa shape index (κ2) is 12.8. The van der Waals surface area contributed by atoms with Crippen LogP contribution in [0.3, 0.4) is 0 Å². The number of hydrogen-bond acceptors (Lipinski definition) is 9. The first-order valence-electron chi connectivity index (χ1n) is 13.4. The molecule has 1 unspecified atom stereocenters. The van der Waals surface area contributed by atoms with Crippen molar-refractivity contribution in [3.8, 4) is 23.0 Å². The highest BCUT2D eigenvalue weighted by atomic mass is 16.7. The number of benzene rings is 2. The summed E-state index contributed by atoms with van der Waals surface area (Å²) < 4.78 is 27.1. The molecule has 1 atom stereocenters. The number of para-hydroxylation sites is 1. The fourth-order valence-corrected chi connectivity index (χ4v) is 4.57. The van der Waals surface area contributed by atoms with Crippen LogP contribution in [0.2, 0.25) is 0 Å². The Hall–Kier alpha value is -4.74. The lowest BCUT2D eigenvalue weighted by molar-refractivity contribution is -0.142. The van der Waals surface area contributed by atoms with Crippen molar-refractivity contribution in [1.29, 1.82) is 0 Å². The van der Waals surface area contributed by atoms with E-state index in [2.05, 4.69) is 15.8 Å². The lowest BCUT2D eigenvalue weighted by Crippen LogP contribution is -2.49. The molecule has 0 saturated carbocycles. The van der Waals surface area contributed by atoms with Crippen molar-refractivity contribution in [2.75, 3.05) is 26.3 Å². The molecule has 1 aliphatic heterocycles. The van der Waals surface area contributed by atoms with Crippen LogP contribution in [0.15, 0.2) is 47.0 Å². The lowest BCUT2D eigenvalue weighted by Gasteiger charge is -2.34. The summed E-state index contributed by atoms with van der Waals surface area (Å²) in [6.07, 6.45) is -0.329. The highest BCUT2D eigenvalue weighted by Gasteiger charge is 2.36. The number of rotatable bonds is 11. The van der Waals surface area contributed by atoms with E-state index >= 15 is 0 Å². The van der Waals surface area contributed by atoms with Crippen LogP contribution in [0.5, 0.6) is 23.0 Å². The van der Waals surface area contributed by atoms with Gasteiger partial charge in [-0.2, -0.15) is 0 Å². The molecule has 2 heterocycles. The summed E-state index contributed by atoms with van der Waals surface area (Å²) in [4.78, 5) is 42.1. The van der Waals surface area contributed by atoms with Crippen molar-refractivity contribution in [3.63, 3.8) is 0 Å². The zero-order valence-electron chi connectivity index (χ0n) is 24.6. The van der Waals surface area contributed by atoms with Crippen molar-refractivity contribution in [1.82, 2.24) is 15.4 Å². The number of fused-ring (bicyclic) bond motifs is 1. The largest absolute Gasteiger partial charge is 0.493 e. The van der Waals surface area contributed by atoms with Crippen LogP contribution in [0, 0.1) is 6.92 Å². The van der Waals surface area contributed by atoms with Gasteiger partial charge in [-0.25, -0.2) is 0 Å².